The van der Waals surface area contributed by atoms with Gasteiger partial charge >= 0.3 is 0 Å². The van der Waals surface area contributed by atoms with E-state index in [1.54, 1.807) is 0 Å². The molecule has 9 rings (SSSR count). The molecule has 0 saturated carbocycles. The van der Waals surface area contributed by atoms with Gasteiger partial charge in [0.15, 0.2) is 0 Å². The first kappa shape index (κ1) is 36.4. The van der Waals surface area contributed by atoms with Gasteiger partial charge in [-0.25, -0.2) is 9.97 Å². The van der Waals surface area contributed by atoms with Gasteiger partial charge in [-0.05, 0) is 104 Å². The first-order valence-electron chi connectivity index (χ1n) is 20.5. The van der Waals surface area contributed by atoms with Crippen LogP contribution in [0.2, 0.25) is 0 Å². The number of likely N-dealkylation sites (tertiary alicyclic amines) is 2. The minimum Gasteiger partial charge on any atom is -0.488 e. The van der Waals surface area contributed by atoms with Crippen LogP contribution < -0.4 is 10.1 Å². The van der Waals surface area contributed by atoms with Crippen LogP contribution in [0.1, 0.15) is 101 Å². The van der Waals surface area contributed by atoms with Crippen molar-refractivity contribution in [3.05, 3.63) is 65.9 Å². The average Bonchev–Trinajstić information content (AvgIpc) is 4.05. The largest absolute Gasteiger partial charge is 0.488 e. The van der Waals surface area contributed by atoms with E-state index in [1.807, 2.05) is 11.1 Å². The standard InChI is InChI=1S/C44H51N7O5/c1-4-25(2)18-39(53)51-26(3)7-12-37(51)43-47-34-11-9-28-20-33-31-10-8-29(19-30(31)23-56-38(33)21-32(28)41(34)49-43)35-22-45-42(48-35)36-6-5-15-50(36)44(54)40(46-24-52)27-13-16-55-17-14-27/h8-11,19-22,24-27,36-37,40H,4-7,12-18,23H2,1-3H3,(H,45,48)(H,46,52)(H,47,49)/t25?,26-,36?,37?,40?/m0/s1. The summed E-state index contributed by atoms with van der Waals surface area (Å²) in [6.07, 6.45) is 9.11. The molecule has 6 heterocycles. The van der Waals surface area contributed by atoms with Crippen molar-refractivity contribution in [1.82, 2.24) is 35.1 Å². The summed E-state index contributed by atoms with van der Waals surface area (Å²) >= 11 is 0. The van der Waals surface area contributed by atoms with Crippen LogP contribution in [0.25, 0.3) is 44.2 Å². The second kappa shape index (κ2) is 15.0. The average molecular weight is 758 g/mol. The Kier molecular flexibility index (Phi) is 9.77. The Morgan fingerprint density at radius 1 is 1.00 bits per heavy atom. The third-order valence-electron chi connectivity index (χ3n) is 12.9. The molecule has 0 bridgehead atoms. The Labute approximate surface area is 326 Å². The van der Waals surface area contributed by atoms with Crippen molar-refractivity contribution in [2.75, 3.05) is 19.8 Å². The maximum Gasteiger partial charge on any atom is 0.246 e. The van der Waals surface area contributed by atoms with Crippen LogP contribution in [-0.4, -0.2) is 79.8 Å². The monoisotopic (exact) mass is 757 g/mol. The Morgan fingerprint density at radius 3 is 2.68 bits per heavy atom. The van der Waals surface area contributed by atoms with Crippen LogP contribution in [0.4, 0.5) is 0 Å². The highest BCUT2D eigenvalue weighted by Gasteiger charge is 2.40. The lowest BCUT2D eigenvalue weighted by atomic mass is 9.90. The summed E-state index contributed by atoms with van der Waals surface area (Å²) in [5.74, 6) is 3.03. The predicted octanol–water partition coefficient (Wildman–Crippen LogP) is 7.36. The lowest BCUT2D eigenvalue weighted by Gasteiger charge is -2.33. The Bertz CT molecular complexity index is 2290. The van der Waals surface area contributed by atoms with Crippen LogP contribution in [0.3, 0.4) is 0 Å². The van der Waals surface area contributed by atoms with Gasteiger partial charge in [-0.1, -0.05) is 38.5 Å². The second-order valence-corrected chi connectivity index (χ2v) is 16.4. The lowest BCUT2D eigenvalue weighted by molar-refractivity contribution is -0.138. The normalized spacial score (nSPS) is 22.2. The van der Waals surface area contributed by atoms with Gasteiger partial charge in [0.2, 0.25) is 18.2 Å². The van der Waals surface area contributed by atoms with Crippen molar-refractivity contribution < 1.29 is 23.9 Å². The molecule has 292 valence electrons. The van der Waals surface area contributed by atoms with Crippen LogP contribution in [0.5, 0.6) is 5.75 Å². The number of aromatic amines is 2. The summed E-state index contributed by atoms with van der Waals surface area (Å²) in [6.45, 7) is 8.71. The van der Waals surface area contributed by atoms with Crippen molar-refractivity contribution >= 4 is 40.0 Å². The van der Waals surface area contributed by atoms with Crippen LogP contribution in [0.15, 0.2) is 48.7 Å². The summed E-state index contributed by atoms with van der Waals surface area (Å²) in [5, 5.41) is 4.93. The van der Waals surface area contributed by atoms with E-state index in [-0.39, 0.29) is 35.9 Å². The van der Waals surface area contributed by atoms with Gasteiger partial charge in [-0.3, -0.25) is 14.4 Å². The topological polar surface area (TPSA) is 146 Å². The van der Waals surface area contributed by atoms with E-state index in [0.717, 1.165) is 112 Å². The molecule has 2 aromatic heterocycles. The minimum absolute atomic E-state index is 0.0471. The molecule has 0 aliphatic carbocycles. The second-order valence-electron chi connectivity index (χ2n) is 16.4. The summed E-state index contributed by atoms with van der Waals surface area (Å²) in [4.78, 5) is 59.7. The Morgan fingerprint density at radius 2 is 1.86 bits per heavy atom. The third-order valence-corrected chi connectivity index (χ3v) is 12.9. The molecule has 4 unspecified atom stereocenters. The molecule has 3 aromatic carbocycles. The smallest absolute Gasteiger partial charge is 0.246 e. The van der Waals surface area contributed by atoms with Crippen molar-refractivity contribution in [1.29, 1.82) is 0 Å². The number of ether oxygens (including phenoxy) is 2. The maximum atomic E-state index is 13.8. The van der Waals surface area contributed by atoms with E-state index in [1.165, 1.54) is 0 Å². The number of imidazole rings is 2. The molecule has 5 aromatic rings. The van der Waals surface area contributed by atoms with E-state index in [4.69, 9.17) is 19.4 Å². The number of rotatable bonds is 10. The van der Waals surface area contributed by atoms with Crippen LogP contribution >= 0.6 is 0 Å². The number of H-pyrrole nitrogens is 2. The fourth-order valence-electron chi connectivity index (χ4n) is 9.53. The third kappa shape index (κ3) is 6.51. The highest BCUT2D eigenvalue weighted by Crippen LogP contribution is 2.44. The number of hydrogen-bond acceptors (Lipinski definition) is 7. The van der Waals surface area contributed by atoms with E-state index in [9.17, 15) is 14.4 Å². The molecule has 3 amide bonds. The van der Waals surface area contributed by atoms with E-state index >= 15 is 0 Å². The number of benzene rings is 3. The van der Waals surface area contributed by atoms with Gasteiger partial charge in [0.05, 0.1) is 35.0 Å². The van der Waals surface area contributed by atoms with Crippen LogP contribution in [-0.2, 0) is 25.7 Å². The number of nitrogens with zero attached hydrogens (tertiary/aromatic N) is 4. The fraction of sp³-hybridized carbons (Fsp3) is 0.477. The molecular weight excluding hydrogens is 707 g/mol. The molecule has 4 aliphatic heterocycles. The maximum absolute atomic E-state index is 13.8. The van der Waals surface area contributed by atoms with Gasteiger partial charge in [0.25, 0.3) is 0 Å². The van der Waals surface area contributed by atoms with Crippen molar-refractivity contribution in [3.8, 4) is 28.1 Å². The van der Waals surface area contributed by atoms with Crippen molar-refractivity contribution in [2.45, 2.75) is 103 Å². The summed E-state index contributed by atoms with van der Waals surface area (Å²) in [5.41, 5.74) is 7.00. The first-order chi connectivity index (χ1) is 27.3. The summed E-state index contributed by atoms with van der Waals surface area (Å²) in [7, 11) is 0. The molecule has 3 fully saturated rings. The zero-order valence-corrected chi connectivity index (χ0v) is 32.5. The zero-order valence-electron chi connectivity index (χ0n) is 32.5. The summed E-state index contributed by atoms with van der Waals surface area (Å²) in [6, 6.07) is 14.4. The molecule has 12 heteroatoms. The number of carbonyl (C=O) groups is 3. The van der Waals surface area contributed by atoms with Gasteiger partial charge in [-0.15, -0.1) is 0 Å². The lowest BCUT2D eigenvalue weighted by Crippen LogP contribution is -2.51. The predicted molar refractivity (Wildman–Crippen MR) is 214 cm³/mol. The Hall–Kier alpha value is -5.23. The number of fused-ring (bicyclic) bond motifs is 6. The number of nitrogens with one attached hydrogen (secondary N) is 3. The van der Waals surface area contributed by atoms with Crippen molar-refractivity contribution in [2.24, 2.45) is 11.8 Å². The first-order valence-corrected chi connectivity index (χ1v) is 20.5. The molecule has 0 radical (unpaired) electrons. The molecule has 5 atom stereocenters. The number of amides is 3. The van der Waals surface area contributed by atoms with Gasteiger partial charge in [0.1, 0.15) is 30.0 Å². The highest BCUT2D eigenvalue weighted by molar-refractivity contribution is 6.07. The molecule has 12 nitrogen and oxygen atoms in total. The molecule has 3 saturated heterocycles. The molecule has 4 aliphatic rings. The van der Waals surface area contributed by atoms with Crippen LogP contribution in [0, 0.1) is 11.8 Å². The molecular formula is C44H51N7O5. The number of carbonyl (C=O) groups excluding carboxylic acids is 3. The van der Waals surface area contributed by atoms with E-state index < -0.39 is 6.04 Å². The van der Waals surface area contributed by atoms with E-state index in [2.05, 4.69) is 83.4 Å². The number of hydrogen-bond donors (Lipinski definition) is 3. The van der Waals surface area contributed by atoms with E-state index in [0.29, 0.717) is 45.1 Å². The summed E-state index contributed by atoms with van der Waals surface area (Å²) < 4.78 is 11.9. The number of aromatic nitrogens is 4. The molecule has 56 heavy (non-hydrogen) atoms. The van der Waals surface area contributed by atoms with Crippen molar-refractivity contribution in [3.63, 3.8) is 0 Å². The van der Waals surface area contributed by atoms with Gasteiger partial charge < -0.3 is 34.6 Å². The molecule has 0 spiro atoms. The highest BCUT2D eigenvalue weighted by atomic mass is 16.5. The molecule has 3 N–H and O–H groups in total. The quantitative estimate of drug-likeness (QED) is 0.126. The fourth-order valence-corrected chi connectivity index (χ4v) is 9.53. The SMILES string of the molecule is CCC(C)CC(=O)N1C(c2nc3c(ccc4cc5c(cc43)OCc3cc(-c4cnc(C6CCCN6C(=O)C(NC=O)C6CCOCC6)[nH]4)ccc3-5)[nH]2)CC[C@@H]1C. The minimum atomic E-state index is -0.558. The van der Waals surface area contributed by atoms with Gasteiger partial charge in [0, 0.05) is 43.2 Å². The Balaban J connectivity index is 0.958. The zero-order chi connectivity index (χ0) is 38.5. The van der Waals surface area contributed by atoms with Gasteiger partial charge in [-0.2, -0.15) is 0 Å².